The summed E-state index contributed by atoms with van der Waals surface area (Å²) >= 11 is 12.4. The highest BCUT2D eigenvalue weighted by atomic mass is 35.5. The van der Waals surface area contributed by atoms with Gasteiger partial charge in [-0.1, -0.05) is 53.5 Å². The van der Waals surface area contributed by atoms with Crippen LogP contribution in [0.5, 0.6) is 0 Å². The van der Waals surface area contributed by atoms with Gasteiger partial charge in [0.2, 0.25) is 0 Å². The molecule has 0 unspecified atom stereocenters. The van der Waals surface area contributed by atoms with E-state index in [9.17, 15) is 0 Å². The van der Waals surface area contributed by atoms with E-state index < -0.39 is 0 Å². The zero-order valence-electron chi connectivity index (χ0n) is 10.5. The first-order valence-corrected chi connectivity index (χ1v) is 7.15. The fourth-order valence-corrected chi connectivity index (χ4v) is 3.08. The van der Waals surface area contributed by atoms with Gasteiger partial charge in [0.1, 0.15) is 0 Å². The summed E-state index contributed by atoms with van der Waals surface area (Å²) in [5, 5.41) is 5.01. The fraction of sp³-hybridized carbons (Fsp3) is 0.250. The van der Waals surface area contributed by atoms with Crippen molar-refractivity contribution in [3.63, 3.8) is 0 Å². The largest absolute Gasteiger partial charge is 0.315 e. The van der Waals surface area contributed by atoms with Gasteiger partial charge in [0, 0.05) is 28.5 Å². The van der Waals surface area contributed by atoms with Gasteiger partial charge in [-0.2, -0.15) is 0 Å². The van der Waals surface area contributed by atoms with Crippen molar-refractivity contribution in [3.05, 3.63) is 69.7 Å². The lowest BCUT2D eigenvalue weighted by atomic mass is 9.71. The smallest absolute Gasteiger partial charge is 0.0438 e. The molecular formula is C16H15Cl2N. The minimum atomic E-state index is 0.121. The number of hydrogen-bond donors (Lipinski definition) is 1. The molecule has 1 N–H and O–H groups in total. The molecule has 0 aromatic heterocycles. The van der Waals surface area contributed by atoms with E-state index in [1.165, 1.54) is 11.1 Å². The maximum Gasteiger partial charge on any atom is 0.0438 e. The van der Waals surface area contributed by atoms with Gasteiger partial charge in [-0.25, -0.2) is 0 Å². The monoisotopic (exact) mass is 291 g/mol. The molecule has 1 heterocycles. The molecule has 0 bridgehead atoms. The summed E-state index contributed by atoms with van der Waals surface area (Å²) in [7, 11) is 0. The number of halogens is 2. The van der Waals surface area contributed by atoms with Crippen molar-refractivity contribution in [1.29, 1.82) is 0 Å². The normalized spacial score (nSPS) is 16.9. The summed E-state index contributed by atoms with van der Waals surface area (Å²) in [6.45, 7) is 1.94. The van der Waals surface area contributed by atoms with Crippen LogP contribution in [0.15, 0.2) is 48.5 Å². The third kappa shape index (κ3) is 2.51. The molecule has 2 aromatic rings. The minimum absolute atomic E-state index is 0.121. The second-order valence-corrected chi connectivity index (χ2v) is 6.01. The Hall–Kier alpha value is -1.02. The van der Waals surface area contributed by atoms with Crippen molar-refractivity contribution in [1.82, 2.24) is 5.32 Å². The molecule has 3 rings (SSSR count). The van der Waals surface area contributed by atoms with Crippen molar-refractivity contribution in [3.8, 4) is 0 Å². The Morgan fingerprint density at radius 1 is 1.00 bits per heavy atom. The van der Waals surface area contributed by atoms with Gasteiger partial charge in [-0.3, -0.25) is 0 Å². The zero-order valence-corrected chi connectivity index (χ0v) is 12.0. The van der Waals surface area contributed by atoms with Crippen LogP contribution in [0.3, 0.4) is 0 Å². The Bertz CT molecular complexity index is 591. The average Bonchev–Trinajstić information content (AvgIpc) is 2.36. The van der Waals surface area contributed by atoms with E-state index in [0.717, 1.165) is 29.6 Å². The summed E-state index contributed by atoms with van der Waals surface area (Å²) in [4.78, 5) is 0. The van der Waals surface area contributed by atoms with Crippen molar-refractivity contribution in [2.45, 2.75) is 11.8 Å². The summed E-state index contributed by atoms with van der Waals surface area (Å²) in [5.41, 5.74) is 2.61. The summed E-state index contributed by atoms with van der Waals surface area (Å²) in [5.74, 6) is 0. The highest BCUT2D eigenvalue weighted by molar-refractivity contribution is 6.31. The second-order valence-electron chi connectivity index (χ2n) is 5.16. The molecule has 0 aliphatic carbocycles. The summed E-state index contributed by atoms with van der Waals surface area (Å²) in [6, 6.07) is 16.2. The molecule has 0 amide bonds. The summed E-state index contributed by atoms with van der Waals surface area (Å²) < 4.78 is 0. The molecule has 0 spiro atoms. The van der Waals surface area contributed by atoms with E-state index >= 15 is 0 Å². The molecule has 3 heteroatoms. The Morgan fingerprint density at radius 3 is 2.42 bits per heavy atom. The number of nitrogens with one attached hydrogen (secondary N) is 1. The van der Waals surface area contributed by atoms with Gasteiger partial charge in [0.25, 0.3) is 0 Å². The van der Waals surface area contributed by atoms with E-state index in [0.29, 0.717) is 0 Å². The van der Waals surface area contributed by atoms with Gasteiger partial charge in [-0.05, 0) is 35.7 Å². The Balaban J connectivity index is 1.94. The van der Waals surface area contributed by atoms with Crippen LogP contribution in [0, 0.1) is 0 Å². The first-order chi connectivity index (χ1) is 9.20. The van der Waals surface area contributed by atoms with Gasteiger partial charge in [0.15, 0.2) is 0 Å². The molecule has 0 saturated carbocycles. The quantitative estimate of drug-likeness (QED) is 0.899. The standard InChI is InChI=1S/C16H15Cl2N/c17-14-6-3-5-13(8-14)16(10-19-11-16)9-12-4-1-2-7-15(12)18/h1-8,19H,9-11H2. The predicted octanol–water partition coefficient (Wildman–Crippen LogP) is 4.08. The molecule has 1 nitrogen and oxygen atoms in total. The van der Waals surface area contributed by atoms with Gasteiger partial charge >= 0.3 is 0 Å². The lowest BCUT2D eigenvalue weighted by Gasteiger charge is -2.43. The topological polar surface area (TPSA) is 12.0 Å². The lowest BCUT2D eigenvalue weighted by Crippen LogP contribution is -2.58. The number of hydrogen-bond acceptors (Lipinski definition) is 1. The SMILES string of the molecule is Clc1cccc(C2(Cc3ccccc3Cl)CNC2)c1. The van der Waals surface area contributed by atoms with Gasteiger partial charge in [-0.15, -0.1) is 0 Å². The number of rotatable bonds is 3. The van der Waals surface area contributed by atoms with Crippen LogP contribution >= 0.6 is 23.2 Å². The molecule has 1 aliphatic heterocycles. The maximum absolute atomic E-state index is 6.28. The molecule has 1 aliphatic rings. The zero-order chi connectivity index (χ0) is 13.3. The van der Waals surface area contributed by atoms with Crippen LogP contribution in [0.4, 0.5) is 0 Å². The first kappa shape index (κ1) is 13.0. The van der Waals surface area contributed by atoms with E-state index in [1.807, 2.05) is 30.3 Å². The van der Waals surface area contributed by atoms with Crippen molar-refractivity contribution in [2.75, 3.05) is 13.1 Å². The molecule has 19 heavy (non-hydrogen) atoms. The van der Waals surface area contributed by atoms with Crippen molar-refractivity contribution >= 4 is 23.2 Å². The molecule has 1 fully saturated rings. The first-order valence-electron chi connectivity index (χ1n) is 6.40. The van der Waals surface area contributed by atoms with Crippen LogP contribution in [0.1, 0.15) is 11.1 Å². The van der Waals surface area contributed by atoms with Gasteiger partial charge < -0.3 is 5.32 Å². The number of benzene rings is 2. The van der Waals surface area contributed by atoms with Gasteiger partial charge in [0.05, 0.1) is 0 Å². The molecule has 0 atom stereocenters. The Kier molecular flexibility index (Phi) is 3.53. The lowest BCUT2D eigenvalue weighted by molar-refractivity contribution is 0.275. The third-order valence-corrected chi connectivity index (χ3v) is 4.45. The van der Waals surface area contributed by atoms with Crippen LogP contribution in [0.2, 0.25) is 10.0 Å². The Labute approximate surface area is 123 Å². The van der Waals surface area contributed by atoms with E-state index in [-0.39, 0.29) is 5.41 Å². The third-order valence-electron chi connectivity index (χ3n) is 3.85. The van der Waals surface area contributed by atoms with Crippen LogP contribution in [-0.2, 0) is 11.8 Å². The average molecular weight is 292 g/mol. The van der Waals surface area contributed by atoms with E-state index in [1.54, 1.807) is 0 Å². The van der Waals surface area contributed by atoms with E-state index in [2.05, 4.69) is 23.5 Å². The highest BCUT2D eigenvalue weighted by Crippen LogP contribution is 2.35. The van der Waals surface area contributed by atoms with Crippen LogP contribution in [-0.4, -0.2) is 13.1 Å². The second kappa shape index (κ2) is 5.16. The molecular weight excluding hydrogens is 277 g/mol. The van der Waals surface area contributed by atoms with Crippen molar-refractivity contribution < 1.29 is 0 Å². The maximum atomic E-state index is 6.28. The molecule has 1 saturated heterocycles. The Morgan fingerprint density at radius 2 is 1.79 bits per heavy atom. The van der Waals surface area contributed by atoms with Crippen LogP contribution < -0.4 is 5.32 Å². The molecule has 2 aromatic carbocycles. The minimum Gasteiger partial charge on any atom is -0.315 e. The summed E-state index contributed by atoms with van der Waals surface area (Å²) in [6.07, 6.45) is 0.944. The van der Waals surface area contributed by atoms with E-state index in [4.69, 9.17) is 23.2 Å². The van der Waals surface area contributed by atoms with Crippen LogP contribution in [0.25, 0.3) is 0 Å². The highest BCUT2D eigenvalue weighted by Gasteiger charge is 2.39. The molecule has 98 valence electrons. The van der Waals surface area contributed by atoms with Crippen molar-refractivity contribution in [2.24, 2.45) is 0 Å². The predicted molar refractivity (Wildman–Crippen MR) is 81.2 cm³/mol. The fourth-order valence-electron chi connectivity index (χ4n) is 2.68. The molecule has 0 radical (unpaired) electrons.